The minimum Gasteiger partial charge on any atom is -0.454 e. The van der Waals surface area contributed by atoms with Crippen molar-refractivity contribution in [3.8, 4) is 5.69 Å². The van der Waals surface area contributed by atoms with E-state index < -0.39 is 0 Å². The van der Waals surface area contributed by atoms with Crippen molar-refractivity contribution in [1.82, 2.24) is 9.88 Å². The Morgan fingerprint density at radius 3 is 2.09 bits per heavy atom. The summed E-state index contributed by atoms with van der Waals surface area (Å²) in [7, 11) is 0. The monoisotopic (exact) mass is 565 g/mol. The van der Waals surface area contributed by atoms with Crippen molar-refractivity contribution in [3.63, 3.8) is 0 Å². The number of aromatic nitrogens is 1. The molecule has 0 aliphatic carbocycles. The number of rotatable bonds is 4. The van der Waals surface area contributed by atoms with E-state index in [0.29, 0.717) is 0 Å². The SMILES string of the molecule is C1=C(c2ccccc2)NC(c2ccc3c4ccccc4n(-c4cccc5c4oc4ccccc45)c3c2)N=C1c1ccccc1. The molecule has 0 fully saturated rings. The molecule has 4 nitrogen and oxygen atoms in total. The second-order valence-electron chi connectivity index (χ2n) is 11.2. The summed E-state index contributed by atoms with van der Waals surface area (Å²) >= 11 is 0. The van der Waals surface area contributed by atoms with Crippen molar-refractivity contribution in [1.29, 1.82) is 0 Å². The normalized spacial score (nSPS) is 15.0. The number of fused-ring (bicyclic) bond motifs is 6. The number of furan rings is 1. The summed E-state index contributed by atoms with van der Waals surface area (Å²) in [6.45, 7) is 0. The van der Waals surface area contributed by atoms with Crippen molar-refractivity contribution in [3.05, 3.63) is 168 Å². The Balaban J connectivity index is 1.26. The summed E-state index contributed by atoms with van der Waals surface area (Å²) in [6, 6.07) is 50.9. The highest BCUT2D eigenvalue weighted by atomic mass is 16.3. The lowest BCUT2D eigenvalue weighted by atomic mass is 10.0. The summed E-state index contributed by atoms with van der Waals surface area (Å²) in [4.78, 5) is 5.24. The molecule has 9 rings (SSSR count). The maximum atomic E-state index is 6.52. The molecule has 1 N–H and O–H groups in total. The highest BCUT2D eigenvalue weighted by Gasteiger charge is 2.22. The number of para-hydroxylation sites is 3. The van der Waals surface area contributed by atoms with E-state index in [1.54, 1.807) is 0 Å². The van der Waals surface area contributed by atoms with E-state index in [1.807, 2.05) is 24.3 Å². The predicted octanol–water partition coefficient (Wildman–Crippen LogP) is 9.82. The van der Waals surface area contributed by atoms with E-state index in [1.165, 1.54) is 10.8 Å². The molecule has 0 bridgehead atoms. The Hall–Kier alpha value is -5.87. The number of hydrogen-bond acceptors (Lipinski definition) is 3. The molecule has 0 saturated heterocycles. The topological polar surface area (TPSA) is 42.5 Å². The Labute approximate surface area is 254 Å². The molecule has 1 aliphatic heterocycles. The van der Waals surface area contributed by atoms with Crippen LogP contribution in [0.1, 0.15) is 22.9 Å². The third-order valence-electron chi connectivity index (χ3n) is 8.63. The van der Waals surface area contributed by atoms with Crippen LogP contribution in [0.25, 0.3) is 55.1 Å². The van der Waals surface area contributed by atoms with Gasteiger partial charge in [0.2, 0.25) is 0 Å². The molecule has 4 heteroatoms. The third-order valence-corrected chi connectivity index (χ3v) is 8.63. The van der Waals surface area contributed by atoms with E-state index >= 15 is 0 Å². The first-order chi connectivity index (χ1) is 21.8. The molecule has 0 amide bonds. The van der Waals surface area contributed by atoms with Crippen LogP contribution in [0.2, 0.25) is 0 Å². The van der Waals surface area contributed by atoms with Gasteiger partial charge in [0, 0.05) is 27.2 Å². The van der Waals surface area contributed by atoms with E-state index in [0.717, 1.165) is 66.8 Å². The Morgan fingerprint density at radius 1 is 0.568 bits per heavy atom. The zero-order chi connectivity index (χ0) is 29.0. The quantitative estimate of drug-likeness (QED) is 0.231. The van der Waals surface area contributed by atoms with Crippen LogP contribution >= 0.6 is 0 Å². The first-order valence-electron chi connectivity index (χ1n) is 14.9. The van der Waals surface area contributed by atoms with Crippen LogP contribution < -0.4 is 5.32 Å². The van der Waals surface area contributed by atoms with Crippen LogP contribution in [0.3, 0.4) is 0 Å². The van der Waals surface area contributed by atoms with Gasteiger partial charge < -0.3 is 14.3 Å². The van der Waals surface area contributed by atoms with Crippen molar-refractivity contribution < 1.29 is 4.42 Å². The second-order valence-corrected chi connectivity index (χ2v) is 11.2. The van der Waals surface area contributed by atoms with Crippen molar-refractivity contribution in [2.75, 3.05) is 0 Å². The fourth-order valence-corrected chi connectivity index (χ4v) is 6.57. The van der Waals surface area contributed by atoms with Gasteiger partial charge in [0.25, 0.3) is 0 Å². The average Bonchev–Trinajstić information content (AvgIpc) is 3.64. The summed E-state index contributed by atoms with van der Waals surface area (Å²) in [5, 5.41) is 8.38. The van der Waals surface area contributed by atoms with E-state index in [2.05, 4.69) is 137 Å². The van der Waals surface area contributed by atoms with Crippen LogP contribution in [0.5, 0.6) is 0 Å². The van der Waals surface area contributed by atoms with Crippen LogP contribution in [0, 0.1) is 0 Å². The van der Waals surface area contributed by atoms with Gasteiger partial charge in [-0.05, 0) is 47.0 Å². The summed E-state index contributed by atoms with van der Waals surface area (Å²) in [5.74, 6) is 0. The highest BCUT2D eigenvalue weighted by molar-refractivity contribution is 6.14. The van der Waals surface area contributed by atoms with Crippen molar-refractivity contribution in [2.45, 2.75) is 6.17 Å². The molecule has 2 aromatic heterocycles. The molecule has 0 saturated carbocycles. The lowest BCUT2D eigenvalue weighted by molar-refractivity contribution is 0.664. The summed E-state index contributed by atoms with van der Waals surface area (Å²) in [5.41, 5.74) is 10.4. The molecule has 44 heavy (non-hydrogen) atoms. The number of allylic oxidation sites excluding steroid dienone is 1. The second kappa shape index (κ2) is 9.85. The first-order valence-corrected chi connectivity index (χ1v) is 14.9. The number of nitrogens with one attached hydrogen (secondary N) is 1. The molecule has 3 heterocycles. The highest BCUT2D eigenvalue weighted by Crippen LogP contribution is 2.39. The molecule has 0 spiro atoms. The molecule has 208 valence electrons. The van der Waals surface area contributed by atoms with Crippen LogP contribution in [0.4, 0.5) is 0 Å². The minimum absolute atomic E-state index is 0.261. The van der Waals surface area contributed by atoms with E-state index in [4.69, 9.17) is 9.41 Å². The van der Waals surface area contributed by atoms with Gasteiger partial charge in [-0.1, -0.05) is 121 Å². The van der Waals surface area contributed by atoms with Gasteiger partial charge in [-0.15, -0.1) is 0 Å². The van der Waals surface area contributed by atoms with Gasteiger partial charge in [-0.3, -0.25) is 4.99 Å². The zero-order valence-corrected chi connectivity index (χ0v) is 23.8. The number of aliphatic imine (C=N–C) groups is 1. The molecule has 6 aromatic carbocycles. The lowest BCUT2D eigenvalue weighted by Crippen LogP contribution is -2.24. The molecule has 1 aliphatic rings. The van der Waals surface area contributed by atoms with Gasteiger partial charge in [0.05, 0.1) is 22.4 Å². The van der Waals surface area contributed by atoms with E-state index in [-0.39, 0.29) is 6.17 Å². The maximum Gasteiger partial charge on any atom is 0.159 e. The van der Waals surface area contributed by atoms with Crippen LogP contribution in [-0.4, -0.2) is 10.3 Å². The molecule has 0 radical (unpaired) electrons. The maximum absolute atomic E-state index is 6.52. The van der Waals surface area contributed by atoms with Gasteiger partial charge in [0.1, 0.15) is 11.7 Å². The average molecular weight is 566 g/mol. The molecular formula is C40H27N3O. The number of nitrogens with zero attached hydrogens (tertiary/aromatic N) is 2. The van der Waals surface area contributed by atoms with Gasteiger partial charge in [-0.2, -0.15) is 0 Å². The Morgan fingerprint density at radius 2 is 1.25 bits per heavy atom. The van der Waals surface area contributed by atoms with E-state index in [9.17, 15) is 0 Å². The fourth-order valence-electron chi connectivity index (χ4n) is 6.57. The molecule has 1 atom stereocenters. The lowest BCUT2D eigenvalue weighted by Gasteiger charge is -2.25. The predicted molar refractivity (Wildman–Crippen MR) is 181 cm³/mol. The minimum atomic E-state index is -0.261. The molecular weight excluding hydrogens is 538 g/mol. The summed E-state index contributed by atoms with van der Waals surface area (Å²) in [6.07, 6.45) is 1.89. The van der Waals surface area contributed by atoms with Crippen LogP contribution in [0.15, 0.2) is 161 Å². The fraction of sp³-hybridized carbons (Fsp3) is 0.0250. The first kappa shape index (κ1) is 24.7. The Kier molecular flexibility index (Phi) is 5.53. The van der Waals surface area contributed by atoms with Crippen LogP contribution in [-0.2, 0) is 0 Å². The standard InChI is InChI=1S/C40H27N3O/c1-3-12-26(13-4-1)33-25-34(27-14-5-2-6-15-27)42-40(41-33)28-22-23-30-29-16-7-9-19-35(29)43(37(30)24-28)36-20-11-18-32-31-17-8-10-21-38(31)44-39(32)36/h1-25,40-41H. The third kappa shape index (κ3) is 3.89. The zero-order valence-electron chi connectivity index (χ0n) is 23.8. The molecule has 1 unspecified atom stereocenters. The van der Waals surface area contributed by atoms with Crippen molar-refractivity contribution in [2.24, 2.45) is 4.99 Å². The largest absolute Gasteiger partial charge is 0.454 e. The summed E-state index contributed by atoms with van der Waals surface area (Å²) < 4.78 is 8.86. The van der Waals surface area contributed by atoms with Crippen molar-refractivity contribution >= 4 is 55.2 Å². The van der Waals surface area contributed by atoms with Gasteiger partial charge in [-0.25, -0.2) is 0 Å². The smallest absolute Gasteiger partial charge is 0.159 e. The Bertz CT molecular complexity index is 2410. The molecule has 8 aromatic rings. The number of benzene rings is 6. The van der Waals surface area contributed by atoms with Gasteiger partial charge >= 0.3 is 0 Å². The number of hydrogen-bond donors (Lipinski definition) is 1. The van der Waals surface area contributed by atoms with Gasteiger partial charge in [0.15, 0.2) is 5.58 Å².